The molecule has 3 aromatic rings. The summed E-state index contributed by atoms with van der Waals surface area (Å²) in [6.07, 6.45) is 0.334. The minimum atomic E-state index is -0.792. The van der Waals surface area contributed by atoms with E-state index >= 15 is 0 Å². The Hall–Kier alpha value is -3.02. The fraction of sp³-hybridized carbons (Fsp3) is 0.355. The zero-order valence-electron chi connectivity index (χ0n) is 22.7. The molecule has 0 heterocycles. The van der Waals surface area contributed by atoms with Gasteiger partial charge in [-0.05, 0) is 67.1 Å². The van der Waals surface area contributed by atoms with Crippen LogP contribution in [0.4, 0.5) is 0 Å². The fourth-order valence-corrected chi connectivity index (χ4v) is 4.72. The molecule has 0 aliphatic heterocycles. The lowest BCUT2D eigenvalue weighted by Gasteiger charge is -2.32. The highest BCUT2D eigenvalue weighted by atomic mass is 35.5. The molecule has 0 saturated carbocycles. The number of halogens is 2. The minimum absolute atomic E-state index is 0.0686. The first-order chi connectivity index (χ1) is 18.1. The first-order valence-corrected chi connectivity index (χ1v) is 13.6. The minimum Gasteiger partial charge on any atom is -0.483 e. The highest BCUT2D eigenvalue weighted by Crippen LogP contribution is 2.28. The number of hydrogen-bond acceptors (Lipinski definition) is 3. The van der Waals surface area contributed by atoms with Crippen LogP contribution in [-0.4, -0.2) is 35.9 Å². The lowest BCUT2D eigenvalue weighted by Crippen LogP contribution is -2.52. The molecule has 1 N–H and O–H groups in total. The average Bonchev–Trinajstić information content (AvgIpc) is 2.87. The predicted molar refractivity (Wildman–Crippen MR) is 155 cm³/mol. The SMILES string of the molecule is Cc1cc(C)c(C)c(OCC(=O)N(Cc2c(Cl)cccc2Cl)C(Cc2ccccc2)C(=O)NCC(C)C)c1. The summed E-state index contributed by atoms with van der Waals surface area (Å²) in [6.45, 7) is 10.4. The van der Waals surface area contributed by atoms with Crippen molar-refractivity contribution < 1.29 is 14.3 Å². The molecule has 1 atom stereocenters. The van der Waals surface area contributed by atoms with Gasteiger partial charge in [-0.1, -0.05) is 79.5 Å². The van der Waals surface area contributed by atoms with Gasteiger partial charge in [0.2, 0.25) is 5.91 Å². The van der Waals surface area contributed by atoms with E-state index in [9.17, 15) is 9.59 Å². The number of hydrogen-bond donors (Lipinski definition) is 1. The van der Waals surface area contributed by atoms with E-state index in [1.807, 2.05) is 71.0 Å². The Balaban J connectivity index is 1.98. The van der Waals surface area contributed by atoms with E-state index in [4.69, 9.17) is 27.9 Å². The van der Waals surface area contributed by atoms with Crippen LogP contribution in [0.25, 0.3) is 0 Å². The Morgan fingerprint density at radius 3 is 2.24 bits per heavy atom. The Kier molecular flexibility index (Phi) is 10.6. The highest BCUT2D eigenvalue weighted by Gasteiger charge is 2.31. The van der Waals surface area contributed by atoms with Crippen LogP contribution in [0.2, 0.25) is 10.0 Å². The maximum atomic E-state index is 13.8. The summed E-state index contributed by atoms with van der Waals surface area (Å²) in [6, 6.07) is 18.1. The van der Waals surface area contributed by atoms with Gasteiger partial charge in [-0.15, -0.1) is 0 Å². The van der Waals surface area contributed by atoms with Crippen molar-refractivity contribution in [3.05, 3.63) is 98.5 Å². The predicted octanol–water partition coefficient (Wildman–Crippen LogP) is 6.71. The third kappa shape index (κ3) is 7.99. The van der Waals surface area contributed by atoms with Crippen LogP contribution in [0, 0.1) is 26.7 Å². The molecule has 0 saturated heterocycles. The third-order valence-corrected chi connectivity index (χ3v) is 7.17. The van der Waals surface area contributed by atoms with E-state index in [0.717, 1.165) is 22.3 Å². The molecule has 0 fully saturated rings. The summed E-state index contributed by atoms with van der Waals surface area (Å²) in [5, 5.41) is 3.88. The van der Waals surface area contributed by atoms with E-state index < -0.39 is 6.04 Å². The molecule has 0 radical (unpaired) electrons. The Bertz CT molecular complexity index is 1240. The van der Waals surface area contributed by atoms with Crippen LogP contribution < -0.4 is 10.1 Å². The smallest absolute Gasteiger partial charge is 0.261 e. The monoisotopic (exact) mass is 554 g/mol. The number of ether oxygens (including phenoxy) is 1. The van der Waals surface area contributed by atoms with Gasteiger partial charge in [-0.2, -0.15) is 0 Å². The highest BCUT2D eigenvalue weighted by molar-refractivity contribution is 6.36. The Labute approximate surface area is 236 Å². The number of rotatable bonds is 11. The van der Waals surface area contributed by atoms with E-state index in [-0.39, 0.29) is 30.9 Å². The van der Waals surface area contributed by atoms with E-state index in [1.165, 1.54) is 4.90 Å². The first-order valence-electron chi connectivity index (χ1n) is 12.8. The molecule has 3 aromatic carbocycles. The summed E-state index contributed by atoms with van der Waals surface area (Å²) < 4.78 is 6.03. The van der Waals surface area contributed by atoms with Gasteiger partial charge >= 0.3 is 0 Å². The number of carbonyl (C=O) groups is 2. The van der Waals surface area contributed by atoms with Crippen LogP contribution in [0.5, 0.6) is 5.75 Å². The van der Waals surface area contributed by atoms with Crippen molar-refractivity contribution >= 4 is 35.0 Å². The van der Waals surface area contributed by atoms with E-state index in [2.05, 4.69) is 11.4 Å². The van der Waals surface area contributed by atoms with Crippen molar-refractivity contribution in [3.63, 3.8) is 0 Å². The molecule has 0 aromatic heterocycles. The van der Waals surface area contributed by atoms with Gasteiger partial charge in [0.25, 0.3) is 5.91 Å². The lowest BCUT2D eigenvalue weighted by molar-refractivity contribution is -0.142. The van der Waals surface area contributed by atoms with Crippen molar-refractivity contribution in [2.24, 2.45) is 5.92 Å². The molecule has 0 spiro atoms. The van der Waals surface area contributed by atoms with Gasteiger partial charge < -0.3 is 15.0 Å². The Morgan fingerprint density at radius 1 is 0.947 bits per heavy atom. The summed E-state index contributed by atoms with van der Waals surface area (Å²) in [4.78, 5) is 28.9. The van der Waals surface area contributed by atoms with E-state index in [1.54, 1.807) is 18.2 Å². The van der Waals surface area contributed by atoms with Crippen LogP contribution in [0.1, 0.15) is 41.7 Å². The van der Waals surface area contributed by atoms with Gasteiger partial charge in [-0.3, -0.25) is 9.59 Å². The summed E-state index contributed by atoms with van der Waals surface area (Å²) in [5.74, 6) is 0.339. The molecule has 0 aliphatic carbocycles. The number of amides is 2. The van der Waals surface area contributed by atoms with Gasteiger partial charge in [0.05, 0.1) is 0 Å². The zero-order valence-corrected chi connectivity index (χ0v) is 24.2. The second-order valence-electron chi connectivity index (χ2n) is 10.1. The standard InChI is InChI=1S/C31H36Cl2N2O3/c1-20(2)17-34-31(37)28(16-24-10-7-6-8-11-24)35(18-25-26(32)12-9-13-27(25)33)30(36)19-38-29-15-21(3)14-22(4)23(29)5/h6-15,20,28H,16-19H2,1-5H3,(H,34,37). The van der Waals surface area contributed by atoms with Crippen molar-refractivity contribution in [1.29, 1.82) is 0 Å². The molecular weight excluding hydrogens is 519 g/mol. The van der Waals surface area contributed by atoms with Gasteiger partial charge in [0.1, 0.15) is 11.8 Å². The number of nitrogens with one attached hydrogen (secondary N) is 1. The largest absolute Gasteiger partial charge is 0.483 e. The lowest BCUT2D eigenvalue weighted by atomic mass is 10.0. The normalized spacial score (nSPS) is 11.8. The van der Waals surface area contributed by atoms with Gasteiger partial charge in [-0.25, -0.2) is 0 Å². The fourth-order valence-electron chi connectivity index (χ4n) is 4.20. The molecule has 5 nitrogen and oxygen atoms in total. The molecule has 1 unspecified atom stereocenters. The first kappa shape index (κ1) is 29.5. The topological polar surface area (TPSA) is 58.6 Å². The molecule has 0 aliphatic rings. The zero-order chi connectivity index (χ0) is 27.8. The van der Waals surface area contributed by atoms with Crippen molar-refractivity contribution in [3.8, 4) is 5.75 Å². The van der Waals surface area contributed by atoms with Crippen LogP contribution >= 0.6 is 23.2 Å². The van der Waals surface area contributed by atoms with Crippen LogP contribution in [0.3, 0.4) is 0 Å². The number of benzene rings is 3. The molecule has 3 rings (SSSR count). The van der Waals surface area contributed by atoms with Gasteiger partial charge in [0, 0.05) is 35.1 Å². The van der Waals surface area contributed by atoms with E-state index in [0.29, 0.717) is 34.3 Å². The number of aryl methyl sites for hydroxylation is 2. The second kappa shape index (κ2) is 13.7. The second-order valence-corrected chi connectivity index (χ2v) is 10.9. The van der Waals surface area contributed by atoms with Crippen molar-refractivity contribution in [2.45, 2.75) is 53.6 Å². The molecule has 202 valence electrons. The molecule has 2 amide bonds. The number of carbonyl (C=O) groups excluding carboxylic acids is 2. The Morgan fingerprint density at radius 2 is 1.61 bits per heavy atom. The number of nitrogens with zero attached hydrogens (tertiary/aromatic N) is 1. The molecule has 0 bridgehead atoms. The average molecular weight is 556 g/mol. The summed E-state index contributed by atoms with van der Waals surface area (Å²) in [5.41, 5.74) is 4.62. The molecule has 38 heavy (non-hydrogen) atoms. The summed E-state index contributed by atoms with van der Waals surface area (Å²) in [7, 11) is 0. The summed E-state index contributed by atoms with van der Waals surface area (Å²) >= 11 is 13.0. The van der Waals surface area contributed by atoms with Crippen LogP contribution in [0.15, 0.2) is 60.7 Å². The van der Waals surface area contributed by atoms with Crippen molar-refractivity contribution in [2.75, 3.05) is 13.2 Å². The van der Waals surface area contributed by atoms with Gasteiger partial charge in [0.15, 0.2) is 6.61 Å². The quantitative estimate of drug-likeness (QED) is 0.286. The van der Waals surface area contributed by atoms with Crippen LogP contribution in [-0.2, 0) is 22.6 Å². The maximum Gasteiger partial charge on any atom is 0.261 e. The molecular formula is C31H36Cl2N2O3. The third-order valence-electron chi connectivity index (χ3n) is 6.46. The molecule has 7 heteroatoms. The van der Waals surface area contributed by atoms with Crippen molar-refractivity contribution in [1.82, 2.24) is 10.2 Å². The maximum absolute atomic E-state index is 13.8.